The van der Waals surface area contributed by atoms with E-state index in [1.165, 1.54) is 0 Å². The second kappa shape index (κ2) is 8.29. The average Bonchev–Trinajstić information content (AvgIpc) is 2.55. The van der Waals surface area contributed by atoms with E-state index in [1.807, 2.05) is 36.4 Å². The van der Waals surface area contributed by atoms with Gasteiger partial charge < -0.3 is 15.4 Å². The molecule has 22 heavy (non-hydrogen) atoms. The van der Waals surface area contributed by atoms with Gasteiger partial charge >= 0.3 is 6.03 Å². The number of aromatic nitrogens is 1. The number of pyridine rings is 1. The third-order valence-electron chi connectivity index (χ3n) is 2.87. The first-order valence-corrected chi connectivity index (χ1v) is 7.96. The summed E-state index contributed by atoms with van der Waals surface area (Å²) in [4.78, 5) is 16.1. The van der Waals surface area contributed by atoms with Crippen LogP contribution in [0.25, 0.3) is 0 Å². The van der Waals surface area contributed by atoms with Gasteiger partial charge in [0.05, 0.1) is 24.0 Å². The molecule has 2 N–H and O–H groups in total. The third-order valence-corrected chi connectivity index (χ3v) is 3.70. The number of rotatable bonds is 6. The van der Waals surface area contributed by atoms with Gasteiger partial charge in [0.1, 0.15) is 5.75 Å². The topological polar surface area (TPSA) is 63.2 Å². The Morgan fingerprint density at radius 3 is 2.86 bits per heavy atom. The van der Waals surface area contributed by atoms with E-state index in [4.69, 9.17) is 4.74 Å². The summed E-state index contributed by atoms with van der Waals surface area (Å²) in [5.41, 5.74) is 1.64. The molecule has 1 aromatic heterocycles. The zero-order valence-electron chi connectivity index (χ0n) is 12.6. The normalized spacial score (nSPS) is 10.1. The quantitative estimate of drug-likeness (QED) is 0.800. The highest BCUT2D eigenvalue weighted by molar-refractivity contribution is 7.99. The Morgan fingerprint density at radius 1 is 1.32 bits per heavy atom. The predicted molar refractivity (Wildman–Crippen MR) is 89.5 cm³/mol. The van der Waals surface area contributed by atoms with Crippen molar-refractivity contribution in [2.45, 2.75) is 18.5 Å². The summed E-state index contributed by atoms with van der Waals surface area (Å²) in [6.07, 6.45) is 1.66. The molecule has 0 spiro atoms. The number of carbonyl (C=O) groups excluding carboxylic acids is 1. The van der Waals surface area contributed by atoms with E-state index in [-0.39, 0.29) is 6.03 Å². The molecule has 0 atom stereocenters. The Balaban J connectivity index is 1.84. The first-order chi connectivity index (χ1) is 10.7. The SMILES string of the molecule is CCSc1ccc(NC(=O)NCc2cccc(OC)c2)cn1. The van der Waals surface area contributed by atoms with Gasteiger partial charge in [-0.3, -0.25) is 0 Å². The molecule has 0 fully saturated rings. The number of carbonyl (C=O) groups is 1. The number of urea groups is 1. The van der Waals surface area contributed by atoms with Crippen molar-refractivity contribution in [2.75, 3.05) is 18.2 Å². The zero-order chi connectivity index (χ0) is 15.8. The number of benzene rings is 1. The minimum atomic E-state index is -0.263. The summed E-state index contributed by atoms with van der Waals surface area (Å²) in [6.45, 7) is 2.50. The maximum atomic E-state index is 11.9. The lowest BCUT2D eigenvalue weighted by molar-refractivity contribution is 0.251. The standard InChI is InChI=1S/C16H19N3O2S/c1-3-22-15-8-7-13(11-17-15)19-16(20)18-10-12-5-4-6-14(9-12)21-2/h4-9,11H,3,10H2,1-2H3,(H2,18,19,20). The highest BCUT2D eigenvalue weighted by Gasteiger charge is 2.03. The summed E-state index contributed by atoms with van der Waals surface area (Å²) in [5, 5.41) is 6.51. The van der Waals surface area contributed by atoms with Crippen molar-refractivity contribution < 1.29 is 9.53 Å². The molecule has 6 heteroatoms. The van der Waals surface area contributed by atoms with Gasteiger partial charge in [-0.1, -0.05) is 19.1 Å². The number of methoxy groups -OCH3 is 1. The first kappa shape index (κ1) is 16.2. The van der Waals surface area contributed by atoms with E-state index in [0.29, 0.717) is 12.2 Å². The Kier molecular flexibility index (Phi) is 6.09. The number of amides is 2. The largest absolute Gasteiger partial charge is 0.497 e. The maximum Gasteiger partial charge on any atom is 0.319 e. The van der Waals surface area contributed by atoms with E-state index < -0.39 is 0 Å². The molecule has 0 unspecified atom stereocenters. The minimum absolute atomic E-state index is 0.263. The highest BCUT2D eigenvalue weighted by atomic mass is 32.2. The number of ether oxygens (including phenoxy) is 1. The van der Waals surface area contributed by atoms with Crippen molar-refractivity contribution in [3.05, 3.63) is 48.2 Å². The molecule has 0 aliphatic heterocycles. The van der Waals surface area contributed by atoms with Crippen molar-refractivity contribution >= 4 is 23.5 Å². The molecule has 2 aromatic rings. The second-order valence-corrected chi connectivity index (χ2v) is 5.76. The van der Waals surface area contributed by atoms with Crippen molar-refractivity contribution in [3.8, 4) is 5.75 Å². The molecule has 0 radical (unpaired) electrons. The van der Waals surface area contributed by atoms with Crippen LogP contribution in [-0.4, -0.2) is 23.9 Å². The summed E-state index contributed by atoms with van der Waals surface area (Å²) in [7, 11) is 1.62. The molecule has 5 nitrogen and oxygen atoms in total. The van der Waals surface area contributed by atoms with E-state index in [0.717, 1.165) is 22.1 Å². The van der Waals surface area contributed by atoms with Gasteiger partial charge in [0, 0.05) is 6.54 Å². The van der Waals surface area contributed by atoms with Crippen LogP contribution in [-0.2, 0) is 6.54 Å². The molecule has 0 saturated carbocycles. The van der Waals surface area contributed by atoms with E-state index in [9.17, 15) is 4.79 Å². The van der Waals surface area contributed by atoms with Crippen LogP contribution in [0.4, 0.5) is 10.5 Å². The van der Waals surface area contributed by atoms with Crippen LogP contribution in [0.15, 0.2) is 47.6 Å². The average molecular weight is 317 g/mol. The molecule has 0 aliphatic rings. The summed E-state index contributed by atoms with van der Waals surface area (Å²) in [6, 6.07) is 11.1. The van der Waals surface area contributed by atoms with E-state index in [2.05, 4.69) is 22.5 Å². The van der Waals surface area contributed by atoms with E-state index in [1.54, 1.807) is 25.1 Å². The van der Waals surface area contributed by atoms with Gasteiger partial charge in [-0.15, -0.1) is 11.8 Å². The van der Waals surface area contributed by atoms with Crippen molar-refractivity contribution in [2.24, 2.45) is 0 Å². The lowest BCUT2D eigenvalue weighted by atomic mass is 10.2. The van der Waals surface area contributed by atoms with Gasteiger partial charge in [0.2, 0.25) is 0 Å². The molecule has 116 valence electrons. The summed E-state index contributed by atoms with van der Waals surface area (Å²) < 4.78 is 5.15. The molecule has 2 amide bonds. The highest BCUT2D eigenvalue weighted by Crippen LogP contribution is 2.16. The number of thioether (sulfide) groups is 1. The van der Waals surface area contributed by atoms with Gasteiger partial charge in [-0.05, 0) is 35.6 Å². The molecule has 0 saturated heterocycles. The first-order valence-electron chi connectivity index (χ1n) is 6.98. The molecular formula is C16H19N3O2S. The smallest absolute Gasteiger partial charge is 0.319 e. The van der Waals surface area contributed by atoms with Crippen LogP contribution in [0.1, 0.15) is 12.5 Å². The van der Waals surface area contributed by atoms with Crippen molar-refractivity contribution in [1.29, 1.82) is 0 Å². The van der Waals surface area contributed by atoms with Crippen LogP contribution in [0.5, 0.6) is 5.75 Å². The maximum absolute atomic E-state index is 11.9. The zero-order valence-corrected chi connectivity index (χ0v) is 13.4. The van der Waals surface area contributed by atoms with Gasteiger partial charge in [-0.2, -0.15) is 0 Å². The molecular weight excluding hydrogens is 298 g/mol. The number of anilines is 1. The van der Waals surface area contributed by atoms with Crippen LogP contribution in [0.3, 0.4) is 0 Å². The number of nitrogens with zero attached hydrogens (tertiary/aromatic N) is 1. The Labute approximate surface area is 134 Å². The lowest BCUT2D eigenvalue weighted by Gasteiger charge is -2.09. The Hall–Kier alpha value is -2.21. The fraction of sp³-hybridized carbons (Fsp3) is 0.250. The number of nitrogens with one attached hydrogen (secondary N) is 2. The molecule has 1 heterocycles. The van der Waals surface area contributed by atoms with Crippen LogP contribution >= 0.6 is 11.8 Å². The van der Waals surface area contributed by atoms with Gasteiger partial charge in [0.25, 0.3) is 0 Å². The number of hydrogen-bond donors (Lipinski definition) is 2. The summed E-state index contributed by atoms with van der Waals surface area (Å²) >= 11 is 1.66. The van der Waals surface area contributed by atoms with Crippen LogP contribution < -0.4 is 15.4 Å². The number of hydrogen-bond acceptors (Lipinski definition) is 4. The second-order valence-electron chi connectivity index (χ2n) is 4.48. The van der Waals surface area contributed by atoms with Gasteiger partial charge in [0.15, 0.2) is 0 Å². The van der Waals surface area contributed by atoms with E-state index >= 15 is 0 Å². The lowest BCUT2D eigenvalue weighted by Crippen LogP contribution is -2.28. The minimum Gasteiger partial charge on any atom is -0.497 e. The molecule has 0 bridgehead atoms. The van der Waals surface area contributed by atoms with Crippen molar-refractivity contribution in [3.63, 3.8) is 0 Å². The monoisotopic (exact) mass is 317 g/mol. The fourth-order valence-corrected chi connectivity index (χ4v) is 2.41. The predicted octanol–water partition coefficient (Wildman–Crippen LogP) is 3.52. The molecule has 1 aromatic carbocycles. The molecule has 2 rings (SSSR count). The fourth-order valence-electron chi connectivity index (χ4n) is 1.83. The Morgan fingerprint density at radius 2 is 2.18 bits per heavy atom. The third kappa shape index (κ3) is 4.96. The van der Waals surface area contributed by atoms with Crippen molar-refractivity contribution in [1.82, 2.24) is 10.3 Å². The molecule has 0 aliphatic carbocycles. The Bertz CT molecular complexity index is 617. The van der Waals surface area contributed by atoms with Crippen LogP contribution in [0, 0.1) is 0 Å². The van der Waals surface area contributed by atoms with Gasteiger partial charge in [-0.25, -0.2) is 9.78 Å². The summed E-state index contributed by atoms with van der Waals surface area (Å²) in [5.74, 6) is 1.74. The van der Waals surface area contributed by atoms with Crippen LogP contribution in [0.2, 0.25) is 0 Å².